The number of rotatable bonds is 34. The van der Waals surface area contributed by atoms with Crippen molar-refractivity contribution >= 4 is 23.3 Å². The first-order valence-corrected chi connectivity index (χ1v) is 17.9. The number of carbonyl (C=O) groups is 2. The van der Waals surface area contributed by atoms with Crippen molar-refractivity contribution in [1.82, 2.24) is 0 Å². The largest absolute Gasteiger partial charge is 0.460 e. The maximum atomic E-state index is 13.0. The highest BCUT2D eigenvalue weighted by Crippen LogP contribution is 2.32. The Kier molecular flexibility index (Phi) is 26.4. The Morgan fingerprint density at radius 3 is 1.33 bits per heavy atom. The van der Waals surface area contributed by atoms with Gasteiger partial charge >= 0.3 is 18.1 Å². The fraction of sp³-hybridized carbons (Fsp3) is 0.579. The molecule has 55 heavy (non-hydrogen) atoms. The number of alkyl halides is 3. The number of para-hydroxylation sites is 1. The molecule has 0 unspecified atom stereocenters. The van der Waals surface area contributed by atoms with Gasteiger partial charge in [-0.3, -0.25) is 0 Å². The van der Waals surface area contributed by atoms with Crippen LogP contribution in [0.25, 0.3) is 0 Å². The van der Waals surface area contributed by atoms with E-state index in [1.54, 1.807) is 25.1 Å². The number of esters is 2. The van der Waals surface area contributed by atoms with Crippen LogP contribution in [0.2, 0.25) is 0 Å². The summed E-state index contributed by atoms with van der Waals surface area (Å²) in [6.07, 6.45) is -4.48. The van der Waals surface area contributed by atoms with Crippen molar-refractivity contribution in [2.45, 2.75) is 13.1 Å². The summed E-state index contributed by atoms with van der Waals surface area (Å²) in [5, 5.41) is 2.85. The predicted molar refractivity (Wildman–Crippen MR) is 195 cm³/mol. The lowest BCUT2D eigenvalue weighted by atomic mass is 10.1. The molecule has 0 aliphatic heterocycles. The van der Waals surface area contributed by atoms with Gasteiger partial charge in [-0.1, -0.05) is 24.8 Å². The summed E-state index contributed by atoms with van der Waals surface area (Å²) in [7, 11) is 0. The lowest BCUT2D eigenvalue weighted by molar-refractivity contribution is -0.140. The Labute approximate surface area is 320 Å². The van der Waals surface area contributed by atoms with E-state index in [0.717, 1.165) is 12.1 Å². The van der Waals surface area contributed by atoms with E-state index < -0.39 is 23.7 Å². The van der Waals surface area contributed by atoms with Gasteiger partial charge in [-0.2, -0.15) is 13.2 Å². The van der Waals surface area contributed by atoms with Gasteiger partial charge in [-0.25, -0.2) is 9.59 Å². The smallest absolute Gasteiger partial charge is 0.416 e. The average Bonchev–Trinajstić information content (AvgIpc) is 3.16. The van der Waals surface area contributed by atoms with Gasteiger partial charge in [0, 0.05) is 11.3 Å². The molecular formula is C38H54F3NO13. The van der Waals surface area contributed by atoms with E-state index in [9.17, 15) is 22.8 Å². The van der Waals surface area contributed by atoms with Crippen LogP contribution >= 0.6 is 0 Å². The van der Waals surface area contributed by atoms with E-state index in [1.165, 1.54) is 18.2 Å². The second-order valence-electron chi connectivity index (χ2n) is 11.3. The molecule has 0 aliphatic carbocycles. The van der Waals surface area contributed by atoms with Gasteiger partial charge in [0.15, 0.2) is 0 Å². The summed E-state index contributed by atoms with van der Waals surface area (Å²) in [6, 6.07) is 11.1. The first kappa shape index (κ1) is 47.5. The fourth-order valence-electron chi connectivity index (χ4n) is 4.15. The first-order chi connectivity index (χ1) is 26.7. The number of anilines is 2. The molecule has 0 fully saturated rings. The van der Waals surface area contributed by atoms with Gasteiger partial charge < -0.3 is 57.4 Å². The standard InChI is InChI=1S/C38H54F3NO13/c1-31(2)36(43)54-28-26-52-24-22-50-20-18-48-16-14-46-12-10-45-11-13-47-15-17-49-19-21-51-23-25-53-27-29-55-37(44)34-8-3-4-9-35(34)42-33-7-5-6-32(30-33)38(39,40)41/h3-9,30,42H,1,10-29H2,2H3. The highest BCUT2D eigenvalue weighted by Gasteiger charge is 2.30. The molecular weight excluding hydrogens is 735 g/mol. The number of halogens is 3. The minimum atomic E-state index is -4.48. The molecule has 0 amide bonds. The zero-order chi connectivity index (χ0) is 39.8. The second kappa shape index (κ2) is 30.6. The third-order valence-electron chi connectivity index (χ3n) is 6.86. The second-order valence-corrected chi connectivity index (χ2v) is 11.3. The molecule has 0 aliphatic rings. The molecule has 2 rings (SSSR count). The van der Waals surface area contributed by atoms with Crippen molar-refractivity contribution in [2.24, 2.45) is 0 Å². The highest BCUT2D eigenvalue weighted by atomic mass is 19.4. The van der Waals surface area contributed by atoms with E-state index >= 15 is 0 Å². The number of carbonyl (C=O) groups excluding carboxylic acids is 2. The Morgan fingerprint density at radius 2 is 0.927 bits per heavy atom. The molecule has 0 spiro atoms. The van der Waals surface area contributed by atoms with Crippen LogP contribution in [0.3, 0.4) is 0 Å². The minimum Gasteiger partial charge on any atom is -0.460 e. The fourth-order valence-corrected chi connectivity index (χ4v) is 4.15. The monoisotopic (exact) mass is 789 g/mol. The van der Waals surface area contributed by atoms with E-state index in [-0.39, 0.29) is 31.1 Å². The van der Waals surface area contributed by atoms with Gasteiger partial charge in [-0.05, 0) is 37.3 Å². The molecule has 2 aromatic rings. The molecule has 0 atom stereocenters. The van der Waals surface area contributed by atoms with E-state index in [4.69, 9.17) is 52.1 Å². The highest BCUT2D eigenvalue weighted by molar-refractivity contribution is 5.96. The quantitative estimate of drug-likeness (QED) is 0.0584. The van der Waals surface area contributed by atoms with Crippen LogP contribution in [-0.2, 0) is 63.1 Å². The van der Waals surface area contributed by atoms with Crippen LogP contribution in [-0.4, -0.2) is 144 Å². The van der Waals surface area contributed by atoms with Crippen molar-refractivity contribution in [2.75, 3.05) is 137 Å². The number of nitrogens with one attached hydrogen (secondary N) is 1. The normalized spacial score (nSPS) is 11.4. The van der Waals surface area contributed by atoms with Crippen molar-refractivity contribution in [1.29, 1.82) is 0 Å². The van der Waals surface area contributed by atoms with Crippen LogP contribution in [0.5, 0.6) is 0 Å². The summed E-state index contributed by atoms with van der Waals surface area (Å²) in [4.78, 5) is 23.8. The third-order valence-corrected chi connectivity index (χ3v) is 6.86. The van der Waals surface area contributed by atoms with Crippen LogP contribution < -0.4 is 5.32 Å². The zero-order valence-corrected chi connectivity index (χ0v) is 31.4. The zero-order valence-electron chi connectivity index (χ0n) is 31.4. The Morgan fingerprint density at radius 1 is 0.545 bits per heavy atom. The Hall–Kier alpha value is -3.65. The molecule has 14 nitrogen and oxygen atoms in total. The number of benzene rings is 2. The van der Waals surface area contributed by atoms with Crippen molar-refractivity contribution in [3.63, 3.8) is 0 Å². The van der Waals surface area contributed by atoms with E-state index in [1.807, 2.05) is 0 Å². The van der Waals surface area contributed by atoms with Gasteiger partial charge in [0.2, 0.25) is 0 Å². The van der Waals surface area contributed by atoms with Gasteiger partial charge in [-0.15, -0.1) is 0 Å². The molecule has 0 saturated carbocycles. The summed E-state index contributed by atoms with van der Waals surface area (Å²) >= 11 is 0. The van der Waals surface area contributed by atoms with Crippen molar-refractivity contribution < 1.29 is 74.9 Å². The van der Waals surface area contributed by atoms with Gasteiger partial charge in [0.1, 0.15) is 13.2 Å². The molecule has 0 aromatic heterocycles. The number of hydrogen-bond acceptors (Lipinski definition) is 14. The molecule has 17 heteroatoms. The van der Waals surface area contributed by atoms with E-state index in [2.05, 4.69) is 11.9 Å². The Balaban J connectivity index is 1.29. The molecule has 0 radical (unpaired) electrons. The van der Waals surface area contributed by atoms with Gasteiger partial charge in [0.05, 0.1) is 136 Å². The van der Waals surface area contributed by atoms with Crippen LogP contribution in [0.1, 0.15) is 22.8 Å². The molecule has 1 N–H and O–H groups in total. The summed E-state index contributed by atoms with van der Waals surface area (Å²) in [5.41, 5.74) is 0.246. The maximum absolute atomic E-state index is 13.0. The number of ether oxygens (including phenoxy) is 11. The SMILES string of the molecule is C=C(C)C(=O)OCCOCCOCCOCCOCCOCCOCCOCCOCCOCCOC(=O)c1ccccc1Nc1cccc(C(F)(F)F)c1. The molecule has 0 heterocycles. The lowest BCUT2D eigenvalue weighted by Gasteiger charge is -2.13. The topological polar surface area (TPSA) is 148 Å². The van der Waals surface area contributed by atoms with E-state index in [0.29, 0.717) is 124 Å². The van der Waals surface area contributed by atoms with Crippen LogP contribution in [0.4, 0.5) is 24.5 Å². The summed E-state index contributed by atoms with van der Waals surface area (Å²) < 4.78 is 98.1. The van der Waals surface area contributed by atoms with Gasteiger partial charge in [0.25, 0.3) is 0 Å². The first-order valence-electron chi connectivity index (χ1n) is 17.9. The third kappa shape index (κ3) is 24.5. The summed E-state index contributed by atoms with van der Waals surface area (Å²) in [6.45, 7) is 12.3. The Bertz CT molecular complexity index is 1330. The number of hydrogen-bond donors (Lipinski definition) is 1. The molecule has 310 valence electrons. The van der Waals surface area contributed by atoms with Crippen molar-refractivity contribution in [3.8, 4) is 0 Å². The summed E-state index contributed by atoms with van der Waals surface area (Å²) in [5.74, 6) is -1.06. The maximum Gasteiger partial charge on any atom is 0.416 e. The average molecular weight is 790 g/mol. The molecule has 0 saturated heterocycles. The van der Waals surface area contributed by atoms with Crippen LogP contribution in [0.15, 0.2) is 60.7 Å². The predicted octanol–water partition coefficient (Wildman–Crippen LogP) is 4.87. The minimum absolute atomic E-state index is 0.00796. The van der Waals surface area contributed by atoms with Crippen molar-refractivity contribution in [3.05, 3.63) is 71.8 Å². The lowest BCUT2D eigenvalue weighted by Crippen LogP contribution is -2.16. The molecule has 2 aromatic carbocycles. The molecule has 0 bridgehead atoms. The van der Waals surface area contributed by atoms with Crippen LogP contribution in [0, 0.1) is 0 Å².